The number of nitrogens with one attached hydrogen (secondary N) is 1. The van der Waals surface area contributed by atoms with Gasteiger partial charge in [0.15, 0.2) is 0 Å². The van der Waals surface area contributed by atoms with E-state index in [1.165, 1.54) is 0 Å². The molecule has 0 bridgehead atoms. The molecule has 0 aromatic heterocycles. The Morgan fingerprint density at radius 1 is 1.11 bits per heavy atom. The van der Waals surface area contributed by atoms with Crippen molar-refractivity contribution in [2.24, 2.45) is 5.92 Å². The normalized spacial score (nSPS) is 23.2. The van der Waals surface area contributed by atoms with Crippen molar-refractivity contribution in [3.8, 4) is 0 Å². The Kier molecular flexibility index (Phi) is 7.54. The first-order valence-electron chi connectivity index (χ1n) is 12.7. The van der Waals surface area contributed by atoms with Gasteiger partial charge in [0.25, 0.3) is 0 Å². The number of carbonyl (C=O) groups excluding carboxylic acids is 3. The Balaban J connectivity index is 1.44. The van der Waals surface area contributed by atoms with Gasteiger partial charge < -0.3 is 19.6 Å². The van der Waals surface area contributed by atoms with E-state index in [1.54, 1.807) is 11.0 Å². The van der Waals surface area contributed by atoms with Gasteiger partial charge in [-0.1, -0.05) is 0 Å². The third-order valence-electron chi connectivity index (χ3n) is 7.14. The molecule has 1 aromatic carbocycles. The van der Waals surface area contributed by atoms with Gasteiger partial charge in [0.2, 0.25) is 11.8 Å². The number of piperidine rings is 1. The number of piperazine rings is 2. The summed E-state index contributed by atoms with van der Waals surface area (Å²) in [7, 11) is 0. The molecule has 3 heterocycles. The van der Waals surface area contributed by atoms with Crippen LogP contribution in [0.3, 0.4) is 0 Å². The summed E-state index contributed by atoms with van der Waals surface area (Å²) >= 11 is 0. The number of anilines is 1. The predicted molar refractivity (Wildman–Crippen MR) is 133 cm³/mol. The van der Waals surface area contributed by atoms with Crippen LogP contribution < -0.4 is 10.2 Å². The van der Waals surface area contributed by atoms with Gasteiger partial charge in [-0.15, -0.1) is 0 Å². The standard InChI is InChI=1S/C26H36N4O6/c1-26(2,3)36-25(35)30-13-11-28-10-12-29(15-20(28)16-30)19-7-8-21(24(33)34)18(14-19)5-4-17-6-9-22(31)27-23(17)32/h7-8,14,17,20H,4-6,9-13,15-16H2,1-3H3,(H,33,34)(H,27,31,32). The molecule has 0 spiro atoms. The first kappa shape index (κ1) is 25.9. The second-order valence-corrected chi connectivity index (χ2v) is 10.9. The van der Waals surface area contributed by atoms with Crippen molar-refractivity contribution < 1.29 is 29.0 Å². The molecule has 10 nitrogen and oxygen atoms in total. The summed E-state index contributed by atoms with van der Waals surface area (Å²) in [6.45, 7) is 10.0. The monoisotopic (exact) mass is 500 g/mol. The summed E-state index contributed by atoms with van der Waals surface area (Å²) in [5, 5.41) is 12.1. The molecule has 1 aromatic rings. The molecule has 0 saturated carbocycles. The molecule has 3 aliphatic heterocycles. The van der Waals surface area contributed by atoms with Crippen LogP contribution in [0.5, 0.6) is 0 Å². The summed E-state index contributed by atoms with van der Waals surface area (Å²) in [5.41, 5.74) is 1.32. The van der Waals surface area contributed by atoms with Gasteiger partial charge in [-0.3, -0.25) is 19.8 Å². The zero-order chi connectivity index (χ0) is 26.0. The van der Waals surface area contributed by atoms with Crippen molar-refractivity contribution in [3.05, 3.63) is 29.3 Å². The summed E-state index contributed by atoms with van der Waals surface area (Å²) in [6.07, 6.45) is 1.45. The molecule has 3 fully saturated rings. The maximum atomic E-state index is 12.6. The molecular formula is C26H36N4O6. The third kappa shape index (κ3) is 6.16. The Labute approximate surface area is 211 Å². The van der Waals surface area contributed by atoms with E-state index in [4.69, 9.17) is 4.74 Å². The van der Waals surface area contributed by atoms with E-state index in [2.05, 4.69) is 15.1 Å². The number of carboxylic acids is 1. The Hall–Kier alpha value is -3.14. The second-order valence-electron chi connectivity index (χ2n) is 10.9. The maximum Gasteiger partial charge on any atom is 0.410 e. The second kappa shape index (κ2) is 10.5. The molecule has 3 amide bonds. The van der Waals surface area contributed by atoms with Crippen molar-refractivity contribution in [3.63, 3.8) is 0 Å². The molecule has 196 valence electrons. The first-order chi connectivity index (χ1) is 17.0. The number of amides is 3. The molecule has 0 radical (unpaired) electrons. The number of aromatic carboxylic acids is 1. The summed E-state index contributed by atoms with van der Waals surface area (Å²) in [4.78, 5) is 54.4. The van der Waals surface area contributed by atoms with Gasteiger partial charge in [0, 0.05) is 63.3 Å². The predicted octanol–water partition coefficient (Wildman–Crippen LogP) is 2.11. The number of hydrogen-bond donors (Lipinski definition) is 2. The van der Waals surface area contributed by atoms with E-state index in [0.29, 0.717) is 44.3 Å². The molecule has 2 atom stereocenters. The van der Waals surface area contributed by atoms with Crippen LogP contribution in [0.4, 0.5) is 10.5 Å². The zero-order valence-electron chi connectivity index (χ0n) is 21.3. The Morgan fingerprint density at radius 2 is 1.86 bits per heavy atom. The van der Waals surface area contributed by atoms with Crippen LogP contribution in [0.25, 0.3) is 0 Å². The lowest BCUT2D eigenvalue weighted by molar-refractivity contribution is -0.136. The van der Waals surface area contributed by atoms with Crippen LogP contribution >= 0.6 is 0 Å². The fraction of sp³-hybridized carbons (Fsp3) is 0.615. The van der Waals surface area contributed by atoms with Gasteiger partial charge in [0.05, 0.1) is 5.56 Å². The minimum Gasteiger partial charge on any atom is -0.478 e. The van der Waals surface area contributed by atoms with E-state index in [1.807, 2.05) is 32.9 Å². The van der Waals surface area contributed by atoms with Crippen LogP contribution in [0.15, 0.2) is 18.2 Å². The number of ether oxygens (including phenoxy) is 1. The number of hydrogen-bond acceptors (Lipinski definition) is 7. The van der Waals surface area contributed by atoms with Crippen molar-refractivity contribution >= 4 is 29.6 Å². The fourth-order valence-electron chi connectivity index (χ4n) is 5.22. The quantitative estimate of drug-likeness (QED) is 0.590. The number of fused-ring (bicyclic) bond motifs is 1. The SMILES string of the molecule is CC(C)(C)OC(=O)N1CCN2CCN(c3ccc(C(=O)O)c(CCC4CCC(=O)NC4=O)c3)CC2C1. The van der Waals surface area contributed by atoms with E-state index in [0.717, 1.165) is 31.9 Å². The van der Waals surface area contributed by atoms with Gasteiger partial charge >= 0.3 is 12.1 Å². The van der Waals surface area contributed by atoms with Crippen LogP contribution in [0, 0.1) is 5.92 Å². The summed E-state index contributed by atoms with van der Waals surface area (Å²) < 4.78 is 5.56. The third-order valence-corrected chi connectivity index (χ3v) is 7.14. The lowest BCUT2D eigenvalue weighted by atomic mass is 9.90. The smallest absolute Gasteiger partial charge is 0.410 e. The number of carbonyl (C=O) groups is 4. The van der Waals surface area contributed by atoms with Gasteiger partial charge in [0.1, 0.15) is 5.60 Å². The highest BCUT2D eigenvalue weighted by Crippen LogP contribution is 2.27. The van der Waals surface area contributed by atoms with E-state index in [9.17, 15) is 24.3 Å². The number of benzene rings is 1. The summed E-state index contributed by atoms with van der Waals surface area (Å²) in [5.74, 6) is -1.82. The Morgan fingerprint density at radius 3 is 2.56 bits per heavy atom. The highest BCUT2D eigenvalue weighted by atomic mass is 16.6. The minimum atomic E-state index is -0.995. The fourth-order valence-corrected chi connectivity index (χ4v) is 5.22. The van der Waals surface area contributed by atoms with Gasteiger partial charge in [-0.2, -0.15) is 0 Å². The molecule has 10 heteroatoms. The highest BCUT2D eigenvalue weighted by Gasteiger charge is 2.35. The van der Waals surface area contributed by atoms with Crippen LogP contribution in [0.1, 0.15) is 56.0 Å². The van der Waals surface area contributed by atoms with Crippen LogP contribution in [-0.4, -0.2) is 89.7 Å². The molecule has 2 unspecified atom stereocenters. The topological polar surface area (TPSA) is 119 Å². The number of carboxylic acid groups (broad SMARTS) is 1. The Bertz CT molecular complexity index is 1040. The van der Waals surface area contributed by atoms with E-state index in [-0.39, 0.29) is 35.4 Å². The van der Waals surface area contributed by atoms with Crippen molar-refractivity contribution in [1.29, 1.82) is 0 Å². The van der Waals surface area contributed by atoms with E-state index >= 15 is 0 Å². The average molecular weight is 501 g/mol. The summed E-state index contributed by atoms with van der Waals surface area (Å²) in [6, 6.07) is 5.55. The maximum absolute atomic E-state index is 12.6. The van der Waals surface area contributed by atoms with Crippen molar-refractivity contribution in [2.75, 3.05) is 44.2 Å². The van der Waals surface area contributed by atoms with Crippen molar-refractivity contribution in [1.82, 2.24) is 15.1 Å². The zero-order valence-corrected chi connectivity index (χ0v) is 21.3. The molecule has 2 N–H and O–H groups in total. The number of imide groups is 1. The lowest BCUT2D eigenvalue weighted by Gasteiger charge is -2.47. The average Bonchev–Trinajstić information content (AvgIpc) is 2.81. The van der Waals surface area contributed by atoms with Crippen LogP contribution in [-0.2, 0) is 20.7 Å². The first-order valence-corrected chi connectivity index (χ1v) is 12.7. The van der Waals surface area contributed by atoms with E-state index < -0.39 is 11.6 Å². The number of aryl methyl sites for hydroxylation is 1. The molecule has 0 aliphatic carbocycles. The molecule has 3 aliphatic rings. The lowest BCUT2D eigenvalue weighted by Crippen LogP contribution is -2.63. The molecule has 3 saturated heterocycles. The van der Waals surface area contributed by atoms with Gasteiger partial charge in [-0.05, 0) is 63.8 Å². The largest absolute Gasteiger partial charge is 0.478 e. The minimum absolute atomic E-state index is 0.158. The van der Waals surface area contributed by atoms with Gasteiger partial charge in [-0.25, -0.2) is 9.59 Å². The van der Waals surface area contributed by atoms with Crippen LogP contribution in [0.2, 0.25) is 0 Å². The number of nitrogens with zero attached hydrogens (tertiary/aromatic N) is 3. The number of rotatable bonds is 5. The van der Waals surface area contributed by atoms with Crippen molar-refractivity contribution in [2.45, 2.75) is 58.1 Å². The molecule has 4 rings (SSSR count). The molecule has 36 heavy (non-hydrogen) atoms. The highest BCUT2D eigenvalue weighted by molar-refractivity contribution is 5.98. The molecular weight excluding hydrogens is 464 g/mol.